The third-order valence-corrected chi connectivity index (χ3v) is 4.06. The number of nitrogens with zero attached hydrogens (tertiary/aromatic N) is 2. The number of nitrogens with one attached hydrogen (secondary N) is 1. The highest BCUT2D eigenvalue weighted by molar-refractivity contribution is 6.33. The van der Waals surface area contributed by atoms with Crippen molar-refractivity contribution in [2.45, 2.75) is 20.8 Å². The third-order valence-electron chi connectivity index (χ3n) is 3.73. The second-order valence-corrected chi connectivity index (χ2v) is 7.39. The highest BCUT2D eigenvalue weighted by Gasteiger charge is 2.26. The van der Waals surface area contributed by atoms with Gasteiger partial charge in [0.1, 0.15) is 0 Å². The molecule has 0 radical (unpaired) electrons. The van der Waals surface area contributed by atoms with Crippen LogP contribution in [0.1, 0.15) is 31.1 Å². The van der Waals surface area contributed by atoms with Crippen LogP contribution in [0.15, 0.2) is 24.3 Å². The Morgan fingerprint density at radius 1 is 1.09 bits per heavy atom. The van der Waals surface area contributed by atoms with Crippen molar-refractivity contribution in [1.82, 2.24) is 15.1 Å². The van der Waals surface area contributed by atoms with Crippen molar-refractivity contribution in [2.75, 3.05) is 32.7 Å². The maximum atomic E-state index is 12.5. The summed E-state index contributed by atoms with van der Waals surface area (Å²) in [6, 6.07) is 6.98. The van der Waals surface area contributed by atoms with E-state index in [2.05, 4.69) is 26.1 Å². The van der Waals surface area contributed by atoms with Crippen molar-refractivity contribution in [3.8, 4) is 0 Å². The molecule has 0 aromatic heterocycles. The summed E-state index contributed by atoms with van der Waals surface area (Å²) in [5, 5.41) is 3.40. The van der Waals surface area contributed by atoms with Crippen molar-refractivity contribution in [3.63, 3.8) is 0 Å². The van der Waals surface area contributed by atoms with E-state index in [9.17, 15) is 9.59 Å². The number of carbonyl (C=O) groups is 2. The Kier molecular flexibility index (Phi) is 5.52. The topological polar surface area (TPSA) is 52.7 Å². The Labute approximate surface area is 142 Å². The standard InChI is InChI=1S/C17H24ClN3O2/c1-17(2,3)12-19-16(23)21-10-8-20(9-11-21)15(22)13-6-4-5-7-14(13)18/h4-7H,8-12H2,1-3H3,(H,19,23). The SMILES string of the molecule is CC(C)(C)CNC(=O)N1CCN(C(=O)c2ccccc2Cl)CC1. The molecule has 1 N–H and O–H groups in total. The molecule has 0 unspecified atom stereocenters. The van der Waals surface area contributed by atoms with Crippen LogP contribution in [0, 0.1) is 5.41 Å². The molecule has 0 atom stereocenters. The summed E-state index contributed by atoms with van der Waals surface area (Å²) in [4.78, 5) is 28.1. The number of rotatable bonds is 2. The number of benzene rings is 1. The Hall–Kier alpha value is -1.75. The minimum atomic E-state index is -0.0784. The number of halogens is 1. The molecule has 2 rings (SSSR count). The van der Waals surface area contributed by atoms with Gasteiger partial charge in [0.2, 0.25) is 0 Å². The second-order valence-electron chi connectivity index (χ2n) is 6.98. The number of carbonyl (C=O) groups excluding carboxylic acids is 2. The molecule has 1 aromatic rings. The zero-order valence-corrected chi connectivity index (χ0v) is 14.7. The number of urea groups is 1. The van der Waals surface area contributed by atoms with Gasteiger partial charge in [-0.25, -0.2) is 4.79 Å². The molecule has 6 heteroatoms. The van der Waals surface area contributed by atoms with Crippen LogP contribution >= 0.6 is 11.6 Å². The van der Waals surface area contributed by atoms with Gasteiger partial charge in [-0.1, -0.05) is 44.5 Å². The maximum Gasteiger partial charge on any atom is 0.317 e. The molecule has 23 heavy (non-hydrogen) atoms. The molecule has 1 fully saturated rings. The fraction of sp³-hybridized carbons (Fsp3) is 0.529. The lowest BCUT2D eigenvalue weighted by molar-refractivity contribution is 0.0664. The molecular formula is C17H24ClN3O2. The average Bonchev–Trinajstić information content (AvgIpc) is 2.52. The largest absolute Gasteiger partial charge is 0.337 e. The molecule has 5 nitrogen and oxygen atoms in total. The smallest absolute Gasteiger partial charge is 0.317 e. The first-order valence-corrected chi connectivity index (χ1v) is 8.22. The van der Waals surface area contributed by atoms with Gasteiger partial charge in [-0.05, 0) is 17.5 Å². The van der Waals surface area contributed by atoms with Gasteiger partial charge in [-0.15, -0.1) is 0 Å². The van der Waals surface area contributed by atoms with Crippen LogP contribution in [0.3, 0.4) is 0 Å². The van der Waals surface area contributed by atoms with Crippen LogP contribution in [-0.2, 0) is 0 Å². The first-order valence-electron chi connectivity index (χ1n) is 7.84. The lowest BCUT2D eigenvalue weighted by Gasteiger charge is -2.35. The van der Waals surface area contributed by atoms with Gasteiger partial charge in [0.25, 0.3) is 5.91 Å². The molecule has 1 saturated heterocycles. The molecule has 0 saturated carbocycles. The number of hydrogen-bond donors (Lipinski definition) is 1. The Balaban J connectivity index is 1.87. The Morgan fingerprint density at radius 3 is 2.22 bits per heavy atom. The van der Waals surface area contributed by atoms with Crippen LogP contribution in [0.5, 0.6) is 0 Å². The van der Waals surface area contributed by atoms with Crippen molar-refractivity contribution in [2.24, 2.45) is 5.41 Å². The molecule has 1 aliphatic heterocycles. The molecule has 0 spiro atoms. The van der Waals surface area contributed by atoms with Gasteiger partial charge in [0.15, 0.2) is 0 Å². The van der Waals surface area contributed by atoms with E-state index in [1.807, 2.05) is 0 Å². The fourth-order valence-corrected chi connectivity index (χ4v) is 2.59. The summed E-state index contributed by atoms with van der Waals surface area (Å²) in [5.74, 6) is -0.0784. The van der Waals surface area contributed by atoms with Gasteiger partial charge in [-0.3, -0.25) is 4.79 Å². The van der Waals surface area contributed by atoms with Crippen LogP contribution in [0.25, 0.3) is 0 Å². The molecule has 3 amide bonds. The average molecular weight is 338 g/mol. The quantitative estimate of drug-likeness (QED) is 0.902. The zero-order chi connectivity index (χ0) is 17.0. The van der Waals surface area contributed by atoms with E-state index in [4.69, 9.17) is 11.6 Å². The van der Waals surface area contributed by atoms with E-state index in [0.717, 1.165) is 0 Å². The van der Waals surface area contributed by atoms with E-state index in [1.165, 1.54) is 0 Å². The lowest BCUT2D eigenvalue weighted by atomic mass is 9.97. The zero-order valence-electron chi connectivity index (χ0n) is 13.9. The normalized spacial score (nSPS) is 15.5. The molecule has 0 aliphatic carbocycles. The van der Waals surface area contributed by atoms with Gasteiger partial charge >= 0.3 is 6.03 Å². The monoisotopic (exact) mass is 337 g/mol. The minimum Gasteiger partial charge on any atom is -0.337 e. The van der Waals surface area contributed by atoms with Crippen molar-refractivity contribution in [1.29, 1.82) is 0 Å². The summed E-state index contributed by atoms with van der Waals surface area (Å²) in [6.07, 6.45) is 0. The van der Waals surface area contributed by atoms with E-state index in [1.54, 1.807) is 34.1 Å². The predicted octanol–water partition coefficient (Wildman–Crippen LogP) is 2.85. The maximum absolute atomic E-state index is 12.5. The third kappa shape index (κ3) is 4.86. The Bertz CT molecular complexity index is 575. The van der Waals surface area contributed by atoms with E-state index in [-0.39, 0.29) is 17.4 Å². The van der Waals surface area contributed by atoms with Crippen molar-refractivity contribution < 1.29 is 9.59 Å². The van der Waals surface area contributed by atoms with Crippen LogP contribution in [-0.4, -0.2) is 54.5 Å². The summed E-state index contributed by atoms with van der Waals surface area (Å²) in [7, 11) is 0. The van der Waals surface area contributed by atoms with E-state index >= 15 is 0 Å². The summed E-state index contributed by atoms with van der Waals surface area (Å²) < 4.78 is 0. The molecule has 126 valence electrons. The van der Waals surface area contributed by atoms with Crippen LogP contribution in [0.2, 0.25) is 5.02 Å². The number of amides is 3. The number of hydrogen-bond acceptors (Lipinski definition) is 2. The second kappa shape index (κ2) is 7.21. The van der Waals surface area contributed by atoms with Gasteiger partial charge in [-0.2, -0.15) is 0 Å². The van der Waals surface area contributed by atoms with Gasteiger partial charge < -0.3 is 15.1 Å². The summed E-state index contributed by atoms with van der Waals surface area (Å²) in [6.45, 7) is 8.97. The minimum absolute atomic E-state index is 0.0531. The van der Waals surface area contributed by atoms with Crippen LogP contribution in [0.4, 0.5) is 4.79 Å². The van der Waals surface area contributed by atoms with Crippen LogP contribution < -0.4 is 5.32 Å². The van der Waals surface area contributed by atoms with Gasteiger partial charge in [0, 0.05) is 32.7 Å². The molecule has 1 aromatic carbocycles. The van der Waals surface area contributed by atoms with Crippen molar-refractivity contribution >= 4 is 23.5 Å². The lowest BCUT2D eigenvalue weighted by Crippen LogP contribution is -2.53. The highest BCUT2D eigenvalue weighted by Crippen LogP contribution is 2.18. The first kappa shape index (κ1) is 17.6. The fourth-order valence-electron chi connectivity index (χ4n) is 2.37. The van der Waals surface area contributed by atoms with Crippen molar-refractivity contribution in [3.05, 3.63) is 34.9 Å². The molecular weight excluding hydrogens is 314 g/mol. The van der Waals surface area contributed by atoms with E-state index < -0.39 is 0 Å². The number of piperazine rings is 1. The molecule has 1 heterocycles. The van der Waals surface area contributed by atoms with Gasteiger partial charge in [0.05, 0.1) is 10.6 Å². The van der Waals surface area contributed by atoms with E-state index in [0.29, 0.717) is 43.3 Å². The molecule has 1 aliphatic rings. The summed E-state index contributed by atoms with van der Waals surface area (Å²) in [5.41, 5.74) is 0.567. The molecule has 0 bridgehead atoms. The first-order chi connectivity index (χ1) is 10.8. The Morgan fingerprint density at radius 2 is 1.65 bits per heavy atom. The highest BCUT2D eigenvalue weighted by atomic mass is 35.5. The predicted molar refractivity (Wildman–Crippen MR) is 91.8 cm³/mol. The summed E-state index contributed by atoms with van der Waals surface area (Å²) >= 11 is 6.08.